The molecule has 2 N–H and O–H groups in total. The van der Waals surface area contributed by atoms with Gasteiger partial charge in [0.15, 0.2) is 0 Å². The Morgan fingerprint density at radius 1 is 0.938 bits per heavy atom. The van der Waals surface area contributed by atoms with E-state index in [4.69, 9.17) is 9.47 Å². The lowest BCUT2D eigenvalue weighted by Crippen LogP contribution is -2.44. The van der Waals surface area contributed by atoms with Crippen molar-refractivity contribution in [3.63, 3.8) is 0 Å². The Balaban J connectivity index is 1.97. The van der Waals surface area contributed by atoms with Crippen LogP contribution in [0.25, 0.3) is 0 Å². The van der Waals surface area contributed by atoms with E-state index in [-0.39, 0.29) is 0 Å². The summed E-state index contributed by atoms with van der Waals surface area (Å²) in [5, 5.41) is 19.4. The first-order chi connectivity index (χ1) is 7.58. The Bertz CT molecular complexity index is 336. The van der Waals surface area contributed by atoms with Crippen LogP contribution >= 0.6 is 0 Å². The van der Waals surface area contributed by atoms with Gasteiger partial charge < -0.3 is 19.7 Å². The van der Waals surface area contributed by atoms with Crippen molar-refractivity contribution >= 4 is 11.9 Å². The van der Waals surface area contributed by atoms with E-state index in [2.05, 4.69) is 0 Å². The molecule has 16 heavy (non-hydrogen) atoms. The van der Waals surface area contributed by atoms with E-state index >= 15 is 0 Å². The molecule has 4 atom stereocenters. The third-order valence-corrected chi connectivity index (χ3v) is 2.37. The van der Waals surface area contributed by atoms with Crippen molar-refractivity contribution in [1.82, 2.24) is 0 Å². The highest BCUT2D eigenvalue weighted by molar-refractivity contribution is 5.85. The van der Waals surface area contributed by atoms with Crippen molar-refractivity contribution in [2.45, 2.75) is 24.4 Å². The van der Waals surface area contributed by atoms with Gasteiger partial charge in [-0.3, -0.25) is 0 Å². The summed E-state index contributed by atoms with van der Waals surface area (Å²) in [7, 11) is 0. The fourth-order valence-corrected chi connectivity index (χ4v) is 1.53. The molecule has 0 saturated heterocycles. The van der Waals surface area contributed by atoms with Gasteiger partial charge in [0.25, 0.3) is 0 Å². The molecule has 2 aliphatic heterocycles. The predicted octanol–water partition coefficient (Wildman–Crippen LogP) is -1.33. The zero-order valence-electron chi connectivity index (χ0n) is 8.15. The van der Waals surface area contributed by atoms with Gasteiger partial charge in [0.05, 0.1) is 0 Å². The van der Waals surface area contributed by atoms with Crippen LogP contribution in [0.1, 0.15) is 0 Å². The van der Waals surface area contributed by atoms with Crippen molar-refractivity contribution in [2.75, 3.05) is 0 Å². The Morgan fingerprint density at radius 3 is 1.56 bits per heavy atom. The Labute approximate surface area is 90.8 Å². The molecule has 0 bridgehead atoms. The topological polar surface area (TPSA) is 93.1 Å². The van der Waals surface area contributed by atoms with Gasteiger partial charge >= 0.3 is 11.9 Å². The molecule has 0 amide bonds. The number of aliphatic hydroxyl groups excluding tert-OH is 2. The number of hydrogen-bond donors (Lipinski definition) is 2. The maximum Gasteiger partial charge on any atom is 0.331 e. The van der Waals surface area contributed by atoms with Crippen molar-refractivity contribution in [2.24, 2.45) is 0 Å². The highest BCUT2D eigenvalue weighted by Crippen LogP contribution is 2.18. The smallest absolute Gasteiger partial charge is 0.331 e. The summed E-state index contributed by atoms with van der Waals surface area (Å²) < 4.78 is 9.41. The molecule has 0 aliphatic carbocycles. The third kappa shape index (κ3) is 1.98. The van der Waals surface area contributed by atoms with Crippen LogP contribution in [0, 0.1) is 0 Å². The van der Waals surface area contributed by atoms with Crippen LogP contribution in [0.5, 0.6) is 0 Å². The first-order valence-electron chi connectivity index (χ1n) is 4.71. The molecule has 2 aliphatic rings. The zero-order valence-corrected chi connectivity index (χ0v) is 8.15. The molecule has 0 aromatic rings. The van der Waals surface area contributed by atoms with Crippen molar-refractivity contribution < 1.29 is 29.3 Å². The lowest BCUT2D eigenvalue weighted by molar-refractivity contribution is -0.156. The molecule has 0 fully saturated rings. The minimum atomic E-state index is -1.33. The van der Waals surface area contributed by atoms with E-state index in [0.29, 0.717) is 0 Å². The second-order valence-corrected chi connectivity index (χ2v) is 3.50. The number of carbonyl (C=O) groups is 2. The van der Waals surface area contributed by atoms with Crippen LogP contribution in [-0.4, -0.2) is 46.6 Å². The van der Waals surface area contributed by atoms with Gasteiger partial charge in [-0.1, -0.05) is 0 Å². The number of hydrogen-bond acceptors (Lipinski definition) is 6. The molecule has 0 aromatic carbocycles. The van der Waals surface area contributed by atoms with Gasteiger partial charge in [-0.05, 0) is 12.2 Å². The van der Waals surface area contributed by atoms with E-state index in [1.807, 2.05) is 0 Å². The standard InChI is InChI=1S/C10H10O6/c11-7-3-1-5(15-7)9(13)10(14)6-2-4-8(12)16-6/h1-6,9-10,13-14H/t5-,6-,9+,10+/m0/s1. The number of ether oxygens (including phenoxy) is 2. The fraction of sp³-hybridized carbons (Fsp3) is 0.400. The van der Waals surface area contributed by atoms with Crippen LogP contribution in [-0.2, 0) is 19.1 Å². The van der Waals surface area contributed by atoms with Crippen LogP contribution in [0.15, 0.2) is 24.3 Å². The highest BCUT2D eigenvalue weighted by atomic mass is 16.6. The first kappa shape index (κ1) is 10.8. The van der Waals surface area contributed by atoms with Gasteiger partial charge in [-0.25, -0.2) is 9.59 Å². The maximum absolute atomic E-state index is 10.8. The summed E-state index contributed by atoms with van der Waals surface area (Å²) in [4.78, 5) is 21.5. The number of rotatable bonds is 3. The van der Waals surface area contributed by atoms with Crippen LogP contribution in [0.4, 0.5) is 0 Å². The van der Waals surface area contributed by atoms with Gasteiger partial charge in [-0.15, -0.1) is 0 Å². The third-order valence-electron chi connectivity index (χ3n) is 2.37. The van der Waals surface area contributed by atoms with Crippen LogP contribution in [0.3, 0.4) is 0 Å². The summed E-state index contributed by atoms with van der Waals surface area (Å²) in [5.41, 5.74) is 0. The lowest BCUT2D eigenvalue weighted by Gasteiger charge is -2.24. The van der Waals surface area contributed by atoms with Gasteiger partial charge in [0, 0.05) is 12.2 Å². The highest BCUT2D eigenvalue weighted by Gasteiger charge is 2.37. The first-order valence-corrected chi connectivity index (χ1v) is 4.71. The second-order valence-electron chi connectivity index (χ2n) is 3.50. The summed E-state index contributed by atoms with van der Waals surface area (Å²) in [6.07, 6.45) is 0.540. The molecule has 86 valence electrons. The van der Waals surface area contributed by atoms with E-state index < -0.39 is 36.4 Å². The molecule has 0 saturated carbocycles. The van der Waals surface area contributed by atoms with Gasteiger partial charge in [0.2, 0.25) is 0 Å². The largest absolute Gasteiger partial charge is 0.452 e. The monoisotopic (exact) mass is 226 g/mol. The quantitative estimate of drug-likeness (QED) is 0.579. The number of esters is 2. The minimum Gasteiger partial charge on any atom is -0.452 e. The molecule has 6 nitrogen and oxygen atoms in total. The van der Waals surface area contributed by atoms with Gasteiger partial charge in [-0.2, -0.15) is 0 Å². The van der Waals surface area contributed by atoms with E-state index in [9.17, 15) is 19.8 Å². The minimum absolute atomic E-state index is 0.574. The Hall–Kier alpha value is -1.66. The fourth-order valence-electron chi connectivity index (χ4n) is 1.53. The van der Waals surface area contributed by atoms with E-state index in [1.165, 1.54) is 12.2 Å². The van der Waals surface area contributed by atoms with Gasteiger partial charge in [0.1, 0.15) is 24.4 Å². The number of aliphatic hydroxyl groups is 2. The summed E-state index contributed by atoms with van der Waals surface area (Å²) in [6.45, 7) is 0. The summed E-state index contributed by atoms with van der Waals surface area (Å²) in [6, 6.07) is 0. The molecule has 2 heterocycles. The average Bonchev–Trinajstić information content (AvgIpc) is 2.85. The summed E-state index contributed by atoms with van der Waals surface area (Å²) >= 11 is 0. The predicted molar refractivity (Wildman–Crippen MR) is 50.1 cm³/mol. The van der Waals surface area contributed by atoms with E-state index in [1.54, 1.807) is 0 Å². The van der Waals surface area contributed by atoms with Crippen LogP contribution < -0.4 is 0 Å². The molecule has 0 aromatic heterocycles. The Kier molecular flexibility index (Phi) is 2.76. The lowest BCUT2D eigenvalue weighted by atomic mass is 10.0. The average molecular weight is 226 g/mol. The SMILES string of the molecule is O=C1C=C[C@@H]([C@@H](O)[C@H](O)[C@@H]2C=CC(=O)O2)O1. The molecular weight excluding hydrogens is 216 g/mol. The summed E-state index contributed by atoms with van der Waals surface area (Å²) in [5.74, 6) is -1.15. The van der Waals surface area contributed by atoms with Crippen molar-refractivity contribution in [3.05, 3.63) is 24.3 Å². The number of carbonyl (C=O) groups excluding carboxylic acids is 2. The van der Waals surface area contributed by atoms with Crippen LogP contribution in [0.2, 0.25) is 0 Å². The molecule has 0 spiro atoms. The normalized spacial score (nSPS) is 31.4. The van der Waals surface area contributed by atoms with Crippen molar-refractivity contribution in [3.8, 4) is 0 Å². The van der Waals surface area contributed by atoms with E-state index in [0.717, 1.165) is 12.2 Å². The molecule has 0 radical (unpaired) electrons. The molecule has 0 unspecified atom stereocenters. The Morgan fingerprint density at radius 2 is 1.31 bits per heavy atom. The molecule has 2 rings (SSSR count). The van der Waals surface area contributed by atoms with Crippen molar-refractivity contribution in [1.29, 1.82) is 0 Å². The zero-order chi connectivity index (χ0) is 11.7. The second kappa shape index (κ2) is 4.07. The number of cyclic esters (lactones) is 2. The molecule has 6 heteroatoms. The maximum atomic E-state index is 10.8. The molecular formula is C10H10O6.